The third kappa shape index (κ3) is 0.712. The molecule has 11 heavy (non-hydrogen) atoms. The Bertz CT molecular complexity index is 347. The molecule has 1 aliphatic rings. The molecule has 2 heteroatoms. The van der Waals surface area contributed by atoms with Gasteiger partial charge in [-0.3, -0.25) is 0 Å². The number of nitrogen functional groups attached to an aromatic ring is 1. The third-order valence-electron chi connectivity index (χ3n) is 2.21. The molecule has 1 aliphatic carbocycles. The number of nitrogens with zero attached hydrogens (tertiary/aromatic N) is 1. The van der Waals surface area contributed by atoms with Crippen molar-refractivity contribution in [3.63, 3.8) is 0 Å². The van der Waals surface area contributed by atoms with Gasteiger partial charge in [0, 0.05) is 5.69 Å². The lowest BCUT2D eigenvalue weighted by atomic mass is 9.84. The number of nitriles is 1. The maximum Gasteiger partial charge on any atom is 0.0994 e. The van der Waals surface area contributed by atoms with E-state index in [9.17, 15) is 0 Å². The molecule has 0 radical (unpaired) electrons. The summed E-state index contributed by atoms with van der Waals surface area (Å²) in [5, 5.41) is 8.68. The predicted octanol–water partition coefficient (Wildman–Crippen LogP) is 1.24. The van der Waals surface area contributed by atoms with Gasteiger partial charge in [0.25, 0.3) is 0 Å². The van der Waals surface area contributed by atoms with Gasteiger partial charge in [0.15, 0.2) is 0 Å². The standard InChI is InChI=1S/C9H8N2/c10-5-6-1-4-9(11)8-3-2-7(6)8/h1,4H,2-3,11H2. The van der Waals surface area contributed by atoms with E-state index in [1.165, 1.54) is 5.56 Å². The quantitative estimate of drug-likeness (QED) is 0.557. The van der Waals surface area contributed by atoms with Crippen LogP contribution in [0.25, 0.3) is 0 Å². The van der Waals surface area contributed by atoms with E-state index in [0.29, 0.717) is 0 Å². The van der Waals surface area contributed by atoms with Gasteiger partial charge in [-0.1, -0.05) is 0 Å². The highest BCUT2D eigenvalue weighted by molar-refractivity contribution is 5.61. The molecular formula is C9H8N2. The first-order valence-corrected chi connectivity index (χ1v) is 3.63. The number of anilines is 1. The summed E-state index contributed by atoms with van der Waals surface area (Å²) < 4.78 is 0. The molecule has 0 unspecified atom stereocenters. The van der Waals surface area contributed by atoms with E-state index in [1.807, 2.05) is 6.07 Å². The summed E-state index contributed by atoms with van der Waals surface area (Å²) in [7, 11) is 0. The van der Waals surface area contributed by atoms with E-state index in [-0.39, 0.29) is 0 Å². The summed E-state index contributed by atoms with van der Waals surface area (Å²) in [5.74, 6) is 0. The lowest BCUT2D eigenvalue weighted by Crippen LogP contribution is -2.13. The molecule has 0 atom stereocenters. The van der Waals surface area contributed by atoms with Gasteiger partial charge < -0.3 is 5.73 Å². The molecule has 0 amide bonds. The maximum atomic E-state index is 8.68. The summed E-state index contributed by atoms with van der Waals surface area (Å²) in [4.78, 5) is 0. The van der Waals surface area contributed by atoms with Crippen molar-refractivity contribution in [3.05, 3.63) is 28.8 Å². The Labute approximate surface area is 65.3 Å². The Morgan fingerprint density at radius 3 is 2.55 bits per heavy atom. The van der Waals surface area contributed by atoms with Crippen LogP contribution >= 0.6 is 0 Å². The fourth-order valence-electron chi connectivity index (χ4n) is 1.47. The van der Waals surface area contributed by atoms with E-state index in [4.69, 9.17) is 11.0 Å². The second-order valence-electron chi connectivity index (χ2n) is 2.77. The number of benzene rings is 1. The number of hydrogen-bond acceptors (Lipinski definition) is 2. The molecule has 0 bridgehead atoms. The van der Waals surface area contributed by atoms with Crippen molar-refractivity contribution in [1.82, 2.24) is 0 Å². The first-order chi connectivity index (χ1) is 5.33. The van der Waals surface area contributed by atoms with E-state index in [2.05, 4.69) is 6.07 Å². The topological polar surface area (TPSA) is 49.8 Å². The molecule has 0 fully saturated rings. The number of fused-ring (bicyclic) bond motifs is 1. The van der Waals surface area contributed by atoms with Crippen LogP contribution in [0.4, 0.5) is 5.69 Å². The van der Waals surface area contributed by atoms with E-state index < -0.39 is 0 Å². The van der Waals surface area contributed by atoms with Crippen molar-refractivity contribution in [2.45, 2.75) is 12.8 Å². The summed E-state index contributed by atoms with van der Waals surface area (Å²) in [6.07, 6.45) is 2.06. The fraction of sp³-hybridized carbons (Fsp3) is 0.222. The van der Waals surface area contributed by atoms with Crippen LogP contribution in [0.15, 0.2) is 12.1 Å². The normalized spacial score (nSPS) is 13.0. The average molecular weight is 144 g/mol. The SMILES string of the molecule is N#Cc1ccc(N)c2c1CC2. The Balaban J connectivity index is 2.67. The molecule has 0 spiro atoms. The zero-order valence-electron chi connectivity index (χ0n) is 6.09. The zero-order valence-corrected chi connectivity index (χ0v) is 6.09. The average Bonchev–Trinajstić information content (AvgIpc) is 1.93. The summed E-state index contributed by atoms with van der Waals surface area (Å²) in [5.41, 5.74) is 9.66. The summed E-state index contributed by atoms with van der Waals surface area (Å²) >= 11 is 0. The van der Waals surface area contributed by atoms with E-state index in [0.717, 1.165) is 29.7 Å². The monoisotopic (exact) mass is 144 g/mol. The van der Waals surface area contributed by atoms with Gasteiger partial charge in [-0.05, 0) is 36.1 Å². The molecule has 0 heterocycles. The van der Waals surface area contributed by atoms with Gasteiger partial charge in [-0.15, -0.1) is 0 Å². The van der Waals surface area contributed by atoms with Crippen LogP contribution in [0, 0.1) is 11.3 Å². The molecule has 54 valence electrons. The Morgan fingerprint density at radius 2 is 2.00 bits per heavy atom. The molecule has 0 aliphatic heterocycles. The molecule has 0 aromatic heterocycles. The smallest absolute Gasteiger partial charge is 0.0994 e. The Morgan fingerprint density at radius 1 is 1.27 bits per heavy atom. The van der Waals surface area contributed by atoms with Crippen LogP contribution in [0.1, 0.15) is 16.7 Å². The Kier molecular flexibility index (Phi) is 1.13. The van der Waals surface area contributed by atoms with Crippen LogP contribution in [0.3, 0.4) is 0 Å². The minimum atomic E-state index is 0.792. The van der Waals surface area contributed by atoms with Crippen LogP contribution in [0.5, 0.6) is 0 Å². The first kappa shape index (κ1) is 6.23. The van der Waals surface area contributed by atoms with Gasteiger partial charge in [-0.25, -0.2) is 0 Å². The van der Waals surface area contributed by atoms with Gasteiger partial charge >= 0.3 is 0 Å². The third-order valence-corrected chi connectivity index (χ3v) is 2.21. The van der Waals surface area contributed by atoms with Crippen molar-refractivity contribution in [3.8, 4) is 6.07 Å². The summed E-state index contributed by atoms with van der Waals surface area (Å²) in [6.45, 7) is 0. The Hall–Kier alpha value is -1.49. The second-order valence-corrected chi connectivity index (χ2v) is 2.77. The van der Waals surface area contributed by atoms with Crippen molar-refractivity contribution < 1.29 is 0 Å². The number of rotatable bonds is 0. The molecule has 2 nitrogen and oxygen atoms in total. The molecule has 0 saturated heterocycles. The van der Waals surface area contributed by atoms with Crippen molar-refractivity contribution >= 4 is 5.69 Å². The van der Waals surface area contributed by atoms with Gasteiger partial charge in [-0.2, -0.15) is 5.26 Å². The highest BCUT2D eigenvalue weighted by atomic mass is 14.6. The molecule has 1 aromatic carbocycles. The second kappa shape index (κ2) is 2.00. The highest BCUT2D eigenvalue weighted by Crippen LogP contribution is 2.30. The lowest BCUT2D eigenvalue weighted by molar-refractivity contribution is 0.839. The largest absolute Gasteiger partial charge is 0.398 e. The molecule has 1 aromatic rings. The van der Waals surface area contributed by atoms with Gasteiger partial charge in [0.2, 0.25) is 0 Å². The highest BCUT2D eigenvalue weighted by Gasteiger charge is 2.19. The van der Waals surface area contributed by atoms with Crippen molar-refractivity contribution in [1.29, 1.82) is 5.26 Å². The minimum Gasteiger partial charge on any atom is -0.398 e. The number of nitrogens with two attached hydrogens (primary N) is 1. The molecular weight excluding hydrogens is 136 g/mol. The van der Waals surface area contributed by atoms with Crippen molar-refractivity contribution in [2.75, 3.05) is 5.73 Å². The molecule has 2 N–H and O–H groups in total. The zero-order chi connectivity index (χ0) is 7.84. The van der Waals surface area contributed by atoms with Crippen LogP contribution in [0.2, 0.25) is 0 Å². The van der Waals surface area contributed by atoms with Gasteiger partial charge in [0.1, 0.15) is 0 Å². The first-order valence-electron chi connectivity index (χ1n) is 3.63. The van der Waals surface area contributed by atoms with E-state index in [1.54, 1.807) is 6.07 Å². The lowest BCUT2D eigenvalue weighted by Gasteiger charge is -2.21. The number of hydrogen-bond donors (Lipinski definition) is 1. The van der Waals surface area contributed by atoms with Crippen LogP contribution in [-0.4, -0.2) is 0 Å². The van der Waals surface area contributed by atoms with Crippen LogP contribution < -0.4 is 5.73 Å². The summed E-state index contributed by atoms with van der Waals surface area (Å²) in [6, 6.07) is 5.77. The minimum absolute atomic E-state index is 0.792. The van der Waals surface area contributed by atoms with Gasteiger partial charge in [0.05, 0.1) is 11.6 Å². The maximum absolute atomic E-state index is 8.68. The van der Waals surface area contributed by atoms with E-state index >= 15 is 0 Å². The molecule has 2 rings (SSSR count). The predicted molar refractivity (Wildman–Crippen MR) is 43.0 cm³/mol. The van der Waals surface area contributed by atoms with Crippen molar-refractivity contribution in [2.24, 2.45) is 0 Å². The fourth-order valence-corrected chi connectivity index (χ4v) is 1.47. The molecule has 0 saturated carbocycles. The van der Waals surface area contributed by atoms with Crippen LogP contribution in [-0.2, 0) is 12.8 Å².